The van der Waals surface area contributed by atoms with Gasteiger partial charge in [-0.15, -0.1) is 10.2 Å². The van der Waals surface area contributed by atoms with Gasteiger partial charge in [0, 0.05) is 26.2 Å². The zero-order chi connectivity index (χ0) is 16.7. The van der Waals surface area contributed by atoms with E-state index in [0.29, 0.717) is 24.6 Å². The number of rotatable bonds is 7. The second-order valence-corrected chi connectivity index (χ2v) is 4.51. The van der Waals surface area contributed by atoms with Gasteiger partial charge in [-0.25, -0.2) is 0 Å². The number of carbonyl (C=O) groups excluding carboxylic acids is 1. The van der Waals surface area contributed by atoms with Crippen molar-refractivity contribution in [3.05, 3.63) is 52.2 Å². The highest BCUT2D eigenvalue weighted by Crippen LogP contribution is 2.22. The highest BCUT2D eigenvalue weighted by atomic mass is 16.6. The molecule has 0 aliphatic heterocycles. The third-order valence-electron chi connectivity index (χ3n) is 2.97. The first kappa shape index (κ1) is 16.1. The lowest BCUT2D eigenvalue weighted by Gasteiger charge is -2.08. The fourth-order valence-corrected chi connectivity index (χ4v) is 1.85. The van der Waals surface area contributed by atoms with Crippen LogP contribution in [-0.4, -0.2) is 41.2 Å². The van der Waals surface area contributed by atoms with Crippen molar-refractivity contribution >= 4 is 23.1 Å². The van der Waals surface area contributed by atoms with Crippen LogP contribution in [0.25, 0.3) is 0 Å². The van der Waals surface area contributed by atoms with E-state index in [9.17, 15) is 14.9 Å². The molecule has 2 rings (SSSR count). The zero-order valence-electron chi connectivity index (χ0n) is 12.4. The SMILES string of the molecule is CNC(=O)c1ccc(NCCNc2ccccc2[N+](=O)[O-])nn1. The third-order valence-corrected chi connectivity index (χ3v) is 2.97. The maximum Gasteiger partial charge on any atom is 0.292 e. The van der Waals surface area contributed by atoms with Crippen LogP contribution in [0.15, 0.2) is 36.4 Å². The lowest BCUT2D eigenvalue weighted by Crippen LogP contribution is -2.20. The van der Waals surface area contributed by atoms with Crippen molar-refractivity contribution in [2.75, 3.05) is 30.8 Å². The van der Waals surface area contributed by atoms with Gasteiger partial charge in [0.2, 0.25) is 0 Å². The minimum atomic E-state index is -0.432. The molecule has 0 atom stereocenters. The lowest BCUT2D eigenvalue weighted by molar-refractivity contribution is -0.384. The van der Waals surface area contributed by atoms with Crippen LogP contribution in [-0.2, 0) is 0 Å². The molecule has 1 aromatic carbocycles. The number of anilines is 2. The molecule has 1 heterocycles. The van der Waals surface area contributed by atoms with Crippen LogP contribution < -0.4 is 16.0 Å². The van der Waals surface area contributed by atoms with Crippen LogP contribution in [0.3, 0.4) is 0 Å². The minimum Gasteiger partial charge on any atom is -0.378 e. The molecule has 2 aromatic rings. The predicted molar refractivity (Wildman–Crippen MR) is 85.5 cm³/mol. The number of nitro groups is 1. The van der Waals surface area contributed by atoms with Gasteiger partial charge in [-0.3, -0.25) is 14.9 Å². The van der Waals surface area contributed by atoms with Gasteiger partial charge in [0.1, 0.15) is 11.5 Å². The van der Waals surface area contributed by atoms with Crippen LogP contribution in [0.2, 0.25) is 0 Å². The number of carbonyl (C=O) groups is 1. The van der Waals surface area contributed by atoms with Crippen molar-refractivity contribution in [3.63, 3.8) is 0 Å². The highest BCUT2D eigenvalue weighted by molar-refractivity contribution is 5.91. The number of hydrogen-bond donors (Lipinski definition) is 3. The fourth-order valence-electron chi connectivity index (χ4n) is 1.85. The number of para-hydroxylation sites is 2. The summed E-state index contributed by atoms with van der Waals surface area (Å²) in [6.07, 6.45) is 0. The minimum absolute atomic E-state index is 0.0298. The molecule has 1 amide bonds. The van der Waals surface area contributed by atoms with Gasteiger partial charge < -0.3 is 16.0 Å². The molecule has 120 valence electrons. The third kappa shape index (κ3) is 4.37. The number of nitro benzene ring substituents is 1. The van der Waals surface area contributed by atoms with Crippen LogP contribution in [0.4, 0.5) is 17.2 Å². The molecule has 3 N–H and O–H groups in total. The molecule has 0 saturated heterocycles. The second kappa shape index (κ2) is 7.69. The molecular weight excluding hydrogens is 300 g/mol. The molecule has 0 radical (unpaired) electrons. The van der Waals surface area contributed by atoms with E-state index in [4.69, 9.17) is 0 Å². The first-order valence-corrected chi connectivity index (χ1v) is 6.89. The van der Waals surface area contributed by atoms with Gasteiger partial charge in [-0.1, -0.05) is 12.1 Å². The molecule has 0 bridgehead atoms. The standard InChI is InChI=1S/C14H16N6O3/c1-15-14(21)11-6-7-13(19-18-11)17-9-8-16-10-4-2-3-5-12(10)20(22)23/h2-7,16H,8-9H2,1H3,(H,15,21)(H,17,19). The molecule has 0 fully saturated rings. The van der Waals surface area contributed by atoms with Gasteiger partial charge in [0.15, 0.2) is 5.69 Å². The smallest absolute Gasteiger partial charge is 0.292 e. The summed E-state index contributed by atoms with van der Waals surface area (Å²) in [7, 11) is 1.52. The summed E-state index contributed by atoms with van der Waals surface area (Å²) in [4.78, 5) is 21.8. The Bertz CT molecular complexity index is 689. The number of benzene rings is 1. The topological polar surface area (TPSA) is 122 Å². The van der Waals surface area contributed by atoms with Gasteiger partial charge in [-0.2, -0.15) is 0 Å². The number of amides is 1. The normalized spacial score (nSPS) is 9.96. The molecule has 0 aliphatic rings. The summed E-state index contributed by atoms with van der Waals surface area (Å²) in [5.41, 5.74) is 0.721. The number of hydrogen-bond acceptors (Lipinski definition) is 7. The Hall–Kier alpha value is -3.23. The van der Waals surface area contributed by atoms with Crippen molar-refractivity contribution in [1.82, 2.24) is 15.5 Å². The monoisotopic (exact) mass is 316 g/mol. The second-order valence-electron chi connectivity index (χ2n) is 4.51. The van der Waals surface area contributed by atoms with Crippen molar-refractivity contribution < 1.29 is 9.72 Å². The molecule has 0 saturated carbocycles. The molecule has 23 heavy (non-hydrogen) atoms. The molecule has 9 nitrogen and oxygen atoms in total. The van der Waals surface area contributed by atoms with E-state index in [1.807, 2.05) is 0 Å². The summed E-state index contributed by atoms with van der Waals surface area (Å²) in [5, 5.41) is 27.0. The number of nitrogens with one attached hydrogen (secondary N) is 3. The summed E-state index contributed by atoms with van der Waals surface area (Å²) >= 11 is 0. The van der Waals surface area contributed by atoms with Gasteiger partial charge in [-0.05, 0) is 18.2 Å². The molecule has 0 unspecified atom stereocenters. The summed E-state index contributed by atoms with van der Waals surface area (Å²) in [6, 6.07) is 9.64. The molecule has 0 aliphatic carbocycles. The average molecular weight is 316 g/mol. The van der Waals surface area contributed by atoms with Crippen LogP contribution in [0, 0.1) is 10.1 Å². The Morgan fingerprint density at radius 2 is 1.87 bits per heavy atom. The maximum atomic E-state index is 11.3. The lowest BCUT2D eigenvalue weighted by atomic mass is 10.2. The Kier molecular flexibility index (Phi) is 5.40. The zero-order valence-corrected chi connectivity index (χ0v) is 12.4. The summed E-state index contributed by atoms with van der Waals surface area (Å²) < 4.78 is 0. The van der Waals surface area contributed by atoms with E-state index in [-0.39, 0.29) is 17.3 Å². The molecular formula is C14H16N6O3. The number of nitrogens with zero attached hydrogens (tertiary/aromatic N) is 3. The Balaban J connectivity index is 1.84. The number of aromatic nitrogens is 2. The Morgan fingerprint density at radius 1 is 1.13 bits per heavy atom. The Labute approximate surface area is 132 Å². The van der Waals surface area contributed by atoms with E-state index < -0.39 is 4.92 Å². The summed E-state index contributed by atoms with van der Waals surface area (Å²) in [5.74, 6) is 0.212. The maximum absolute atomic E-state index is 11.3. The van der Waals surface area contributed by atoms with E-state index >= 15 is 0 Å². The van der Waals surface area contributed by atoms with Crippen molar-refractivity contribution in [2.45, 2.75) is 0 Å². The van der Waals surface area contributed by atoms with E-state index in [1.165, 1.54) is 13.1 Å². The van der Waals surface area contributed by atoms with E-state index in [1.54, 1.807) is 30.3 Å². The van der Waals surface area contributed by atoms with Gasteiger partial charge >= 0.3 is 0 Å². The average Bonchev–Trinajstić information content (AvgIpc) is 2.58. The van der Waals surface area contributed by atoms with Crippen molar-refractivity contribution in [1.29, 1.82) is 0 Å². The molecule has 9 heteroatoms. The van der Waals surface area contributed by atoms with E-state index in [2.05, 4.69) is 26.1 Å². The van der Waals surface area contributed by atoms with Crippen LogP contribution >= 0.6 is 0 Å². The van der Waals surface area contributed by atoms with Crippen LogP contribution in [0.1, 0.15) is 10.5 Å². The largest absolute Gasteiger partial charge is 0.378 e. The predicted octanol–water partition coefficient (Wildman–Crippen LogP) is 1.27. The van der Waals surface area contributed by atoms with E-state index in [0.717, 1.165) is 0 Å². The van der Waals surface area contributed by atoms with Gasteiger partial charge in [0.25, 0.3) is 11.6 Å². The van der Waals surface area contributed by atoms with Crippen molar-refractivity contribution in [3.8, 4) is 0 Å². The van der Waals surface area contributed by atoms with Gasteiger partial charge in [0.05, 0.1) is 4.92 Å². The first-order chi connectivity index (χ1) is 11.1. The summed E-state index contributed by atoms with van der Waals surface area (Å²) in [6.45, 7) is 0.948. The van der Waals surface area contributed by atoms with Crippen LogP contribution in [0.5, 0.6) is 0 Å². The fraction of sp³-hybridized carbons (Fsp3) is 0.214. The Morgan fingerprint density at radius 3 is 2.52 bits per heavy atom. The molecule has 1 aromatic heterocycles. The first-order valence-electron chi connectivity index (χ1n) is 6.89. The molecule has 0 spiro atoms. The highest BCUT2D eigenvalue weighted by Gasteiger charge is 2.11. The quantitative estimate of drug-likeness (QED) is 0.399. The van der Waals surface area contributed by atoms with Crippen molar-refractivity contribution in [2.24, 2.45) is 0 Å².